The van der Waals surface area contributed by atoms with Crippen LogP contribution in [0.1, 0.15) is 19.3 Å². The Morgan fingerprint density at radius 1 is 1.44 bits per heavy atom. The van der Waals surface area contributed by atoms with Gasteiger partial charge in [-0.3, -0.25) is 0 Å². The zero-order valence-electron chi connectivity index (χ0n) is 8.95. The Morgan fingerprint density at radius 2 is 2.31 bits per heavy atom. The van der Waals surface area contributed by atoms with Gasteiger partial charge in [-0.15, -0.1) is 12.4 Å². The molecule has 0 radical (unpaired) electrons. The van der Waals surface area contributed by atoms with E-state index in [9.17, 15) is 0 Å². The Bertz CT molecular complexity index is 315. The Kier molecular flexibility index (Phi) is 5.80. The number of anilines is 1. The molecule has 1 aliphatic heterocycles. The van der Waals surface area contributed by atoms with Gasteiger partial charge in [0.15, 0.2) is 0 Å². The van der Waals surface area contributed by atoms with Crippen LogP contribution in [0.2, 0.25) is 5.15 Å². The molecule has 1 fully saturated rings. The quantitative estimate of drug-likeness (QED) is 0.820. The first-order valence-corrected chi connectivity index (χ1v) is 5.67. The molecule has 1 aromatic rings. The van der Waals surface area contributed by atoms with Crippen molar-refractivity contribution in [3.05, 3.63) is 17.5 Å². The van der Waals surface area contributed by atoms with Crippen LogP contribution in [-0.2, 0) is 0 Å². The zero-order valence-corrected chi connectivity index (χ0v) is 10.5. The molecule has 2 rings (SSSR count). The molecule has 1 aromatic heterocycles. The van der Waals surface area contributed by atoms with Gasteiger partial charge in [-0.25, -0.2) is 9.97 Å². The molecule has 1 atom stereocenters. The van der Waals surface area contributed by atoms with Crippen molar-refractivity contribution in [3.8, 4) is 0 Å². The summed E-state index contributed by atoms with van der Waals surface area (Å²) in [6, 6.07) is 2.29. The lowest BCUT2D eigenvalue weighted by atomic mass is 10.1. The standard InChI is InChI=1S/C10H15ClN4.ClH/c11-9-5-10(15-7-14-9)13-6-8-3-1-2-4-12-8;/h5,7-8,12H,1-4,6H2,(H,13,14,15);1H. The van der Waals surface area contributed by atoms with Gasteiger partial charge in [-0.05, 0) is 19.4 Å². The summed E-state index contributed by atoms with van der Waals surface area (Å²) in [4.78, 5) is 7.92. The second-order valence-corrected chi connectivity index (χ2v) is 4.14. The summed E-state index contributed by atoms with van der Waals surface area (Å²) in [5, 5.41) is 7.20. The molecule has 4 nitrogen and oxygen atoms in total. The summed E-state index contributed by atoms with van der Waals surface area (Å²) in [5.74, 6) is 0.794. The maximum Gasteiger partial charge on any atom is 0.134 e. The van der Waals surface area contributed by atoms with Crippen molar-refractivity contribution >= 4 is 29.8 Å². The molecule has 6 heteroatoms. The molecule has 90 valence electrons. The summed E-state index contributed by atoms with van der Waals surface area (Å²) in [7, 11) is 0. The van der Waals surface area contributed by atoms with E-state index in [1.165, 1.54) is 25.6 Å². The van der Waals surface area contributed by atoms with E-state index in [0.29, 0.717) is 11.2 Å². The highest BCUT2D eigenvalue weighted by Crippen LogP contribution is 2.10. The third-order valence-corrected chi connectivity index (χ3v) is 2.78. The molecule has 0 spiro atoms. The smallest absolute Gasteiger partial charge is 0.134 e. The van der Waals surface area contributed by atoms with Crippen LogP contribution >= 0.6 is 24.0 Å². The normalized spacial score (nSPS) is 19.9. The van der Waals surface area contributed by atoms with Crippen LogP contribution in [0.3, 0.4) is 0 Å². The van der Waals surface area contributed by atoms with Crippen LogP contribution < -0.4 is 10.6 Å². The van der Waals surface area contributed by atoms with E-state index < -0.39 is 0 Å². The predicted octanol–water partition coefficient (Wildman–Crippen LogP) is 2.11. The number of halogens is 2. The Balaban J connectivity index is 0.00000128. The van der Waals surface area contributed by atoms with Gasteiger partial charge < -0.3 is 10.6 Å². The van der Waals surface area contributed by atoms with E-state index in [-0.39, 0.29) is 12.4 Å². The average molecular weight is 263 g/mol. The monoisotopic (exact) mass is 262 g/mol. The lowest BCUT2D eigenvalue weighted by molar-refractivity contribution is 0.414. The van der Waals surface area contributed by atoms with Crippen molar-refractivity contribution < 1.29 is 0 Å². The van der Waals surface area contributed by atoms with Crippen LogP contribution in [-0.4, -0.2) is 29.1 Å². The van der Waals surface area contributed by atoms with Gasteiger partial charge in [0, 0.05) is 18.7 Å². The van der Waals surface area contributed by atoms with Crippen LogP contribution in [0.15, 0.2) is 12.4 Å². The van der Waals surface area contributed by atoms with Gasteiger partial charge in [0.2, 0.25) is 0 Å². The summed E-state index contributed by atoms with van der Waals surface area (Å²) in [6.45, 7) is 2.02. The fraction of sp³-hybridized carbons (Fsp3) is 0.600. The van der Waals surface area contributed by atoms with Gasteiger partial charge in [0.05, 0.1) is 0 Å². The zero-order chi connectivity index (χ0) is 10.5. The van der Waals surface area contributed by atoms with E-state index in [0.717, 1.165) is 18.9 Å². The number of aromatic nitrogens is 2. The fourth-order valence-corrected chi connectivity index (χ4v) is 1.90. The van der Waals surface area contributed by atoms with Gasteiger partial charge in [-0.2, -0.15) is 0 Å². The molecule has 1 aliphatic rings. The highest BCUT2D eigenvalue weighted by molar-refractivity contribution is 6.29. The minimum Gasteiger partial charge on any atom is -0.368 e. The Hall–Kier alpha value is -0.580. The number of nitrogens with zero attached hydrogens (tertiary/aromatic N) is 2. The SMILES string of the molecule is Cl.Clc1cc(NCC2CCCCN2)ncn1. The minimum atomic E-state index is 0. The molecule has 0 bridgehead atoms. The summed E-state index contributed by atoms with van der Waals surface area (Å²) < 4.78 is 0. The van der Waals surface area contributed by atoms with Crippen LogP contribution in [0, 0.1) is 0 Å². The summed E-state index contributed by atoms with van der Waals surface area (Å²) >= 11 is 5.76. The van der Waals surface area contributed by atoms with E-state index >= 15 is 0 Å². The second-order valence-electron chi connectivity index (χ2n) is 3.75. The van der Waals surface area contributed by atoms with Crippen LogP contribution in [0.25, 0.3) is 0 Å². The van der Waals surface area contributed by atoms with Gasteiger partial charge in [0.25, 0.3) is 0 Å². The number of rotatable bonds is 3. The van der Waals surface area contributed by atoms with Crippen molar-refractivity contribution in [2.75, 3.05) is 18.4 Å². The largest absolute Gasteiger partial charge is 0.368 e. The minimum absolute atomic E-state index is 0. The van der Waals surface area contributed by atoms with Gasteiger partial charge in [0.1, 0.15) is 17.3 Å². The van der Waals surface area contributed by atoms with Crippen LogP contribution in [0.4, 0.5) is 5.82 Å². The maximum atomic E-state index is 5.76. The van der Waals surface area contributed by atoms with Crippen molar-refractivity contribution in [2.24, 2.45) is 0 Å². The molecule has 16 heavy (non-hydrogen) atoms. The van der Waals surface area contributed by atoms with E-state index in [4.69, 9.17) is 11.6 Å². The number of hydrogen-bond acceptors (Lipinski definition) is 4. The first-order valence-electron chi connectivity index (χ1n) is 5.29. The summed E-state index contributed by atoms with van der Waals surface area (Å²) in [6.07, 6.45) is 5.30. The van der Waals surface area contributed by atoms with E-state index in [1.807, 2.05) is 0 Å². The van der Waals surface area contributed by atoms with Crippen molar-refractivity contribution in [1.29, 1.82) is 0 Å². The lowest BCUT2D eigenvalue weighted by Gasteiger charge is -2.23. The highest BCUT2D eigenvalue weighted by Gasteiger charge is 2.11. The second kappa shape index (κ2) is 6.89. The average Bonchev–Trinajstić information content (AvgIpc) is 2.28. The van der Waals surface area contributed by atoms with Crippen LogP contribution in [0.5, 0.6) is 0 Å². The van der Waals surface area contributed by atoms with E-state index in [2.05, 4.69) is 20.6 Å². The molecular formula is C10H16Cl2N4. The molecule has 0 saturated carbocycles. The Morgan fingerprint density at radius 3 is 3.00 bits per heavy atom. The Labute approximate surface area is 107 Å². The lowest BCUT2D eigenvalue weighted by Crippen LogP contribution is -2.39. The molecule has 2 heterocycles. The molecule has 0 aromatic carbocycles. The molecule has 1 unspecified atom stereocenters. The summed E-state index contributed by atoms with van der Waals surface area (Å²) in [5.41, 5.74) is 0. The fourth-order valence-electron chi connectivity index (χ4n) is 1.76. The highest BCUT2D eigenvalue weighted by atomic mass is 35.5. The van der Waals surface area contributed by atoms with Gasteiger partial charge >= 0.3 is 0 Å². The van der Waals surface area contributed by atoms with Crippen molar-refractivity contribution in [2.45, 2.75) is 25.3 Å². The number of hydrogen-bond donors (Lipinski definition) is 2. The maximum absolute atomic E-state index is 5.76. The van der Waals surface area contributed by atoms with Crippen molar-refractivity contribution in [1.82, 2.24) is 15.3 Å². The third-order valence-electron chi connectivity index (χ3n) is 2.58. The van der Waals surface area contributed by atoms with Crippen molar-refractivity contribution in [3.63, 3.8) is 0 Å². The molecule has 1 saturated heterocycles. The molecule has 0 aliphatic carbocycles. The van der Waals surface area contributed by atoms with E-state index in [1.54, 1.807) is 6.07 Å². The van der Waals surface area contributed by atoms with Gasteiger partial charge in [-0.1, -0.05) is 18.0 Å². The number of piperidine rings is 1. The topological polar surface area (TPSA) is 49.8 Å². The molecular weight excluding hydrogens is 247 g/mol. The predicted molar refractivity (Wildman–Crippen MR) is 68.4 cm³/mol. The molecule has 2 N–H and O–H groups in total. The molecule has 0 amide bonds. The number of nitrogens with one attached hydrogen (secondary N) is 2. The first kappa shape index (κ1) is 13.5. The first-order chi connectivity index (χ1) is 7.34. The third kappa shape index (κ3) is 4.12.